The first-order valence-corrected chi connectivity index (χ1v) is 10.3. The zero-order valence-corrected chi connectivity index (χ0v) is 17.8. The summed E-state index contributed by atoms with van der Waals surface area (Å²) in [4.78, 5) is 16.0. The van der Waals surface area contributed by atoms with E-state index >= 15 is 0 Å². The van der Waals surface area contributed by atoms with Gasteiger partial charge in [-0.2, -0.15) is 13.2 Å². The molecule has 33 heavy (non-hydrogen) atoms. The van der Waals surface area contributed by atoms with Crippen LogP contribution in [0.25, 0.3) is 11.3 Å². The van der Waals surface area contributed by atoms with Crippen LogP contribution in [0, 0.1) is 0 Å². The van der Waals surface area contributed by atoms with Crippen molar-refractivity contribution >= 4 is 17.5 Å². The van der Waals surface area contributed by atoms with Gasteiger partial charge in [0.15, 0.2) is 5.82 Å². The predicted octanol–water partition coefficient (Wildman–Crippen LogP) is 4.53. The zero-order valence-electron chi connectivity index (χ0n) is 17.8. The van der Waals surface area contributed by atoms with Crippen LogP contribution < -0.4 is 15.0 Å². The third-order valence-electron chi connectivity index (χ3n) is 5.40. The Kier molecular flexibility index (Phi) is 6.34. The van der Waals surface area contributed by atoms with Crippen LogP contribution >= 0.6 is 0 Å². The van der Waals surface area contributed by atoms with Crippen LogP contribution in [0.4, 0.5) is 29.5 Å². The fourth-order valence-corrected chi connectivity index (χ4v) is 3.58. The van der Waals surface area contributed by atoms with E-state index in [0.717, 1.165) is 23.1 Å². The first-order chi connectivity index (χ1) is 15.8. The molecule has 2 amide bonds. The number of nitrogens with one attached hydrogen (secondary N) is 1. The summed E-state index contributed by atoms with van der Waals surface area (Å²) in [6, 6.07) is 15.6. The lowest BCUT2D eigenvalue weighted by Crippen LogP contribution is -2.50. The van der Waals surface area contributed by atoms with Gasteiger partial charge in [0.1, 0.15) is 5.75 Å². The SMILES string of the molecule is COc1ccc(-c2ccc(N3CCN(C(=O)Nc4ccccc4C(F)(F)F)CC3)nn2)cc1. The molecule has 0 aliphatic carbocycles. The number of amides is 2. The maximum Gasteiger partial charge on any atom is 0.418 e. The Balaban J connectivity index is 1.35. The van der Waals surface area contributed by atoms with Crippen molar-refractivity contribution in [2.45, 2.75) is 6.18 Å². The second-order valence-electron chi connectivity index (χ2n) is 7.45. The second kappa shape index (κ2) is 9.35. The highest BCUT2D eigenvalue weighted by Gasteiger charge is 2.34. The first-order valence-electron chi connectivity index (χ1n) is 10.3. The molecular weight excluding hydrogens is 435 g/mol. The van der Waals surface area contributed by atoms with Crippen LogP contribution in [0.2, 0.25) is 0 Å². The molecule has 0 bridgehead atoms. The number of carbonyl (C=O) groups excluding carboxylic acids is 1. The second-order valence-corrected chi connectivity index (χ2v) is 7.45. The van der Waals surface area contributed by atoms with E-state index in [1.807, 2.05) is 41.3 Å². The van der Waals surface area contributed by atoms with Crippen molar-refractivity contribution in [1.29, 1.82) is 0 Å². The molecule has 1 saturated heterocycles. The molecule has 0 radical (unpaired) electrons. The summed E-state index contributed by atoms with van der Waals surface area (Å²) in [6.07, 6.45) is -4.54. The van der Waals surface area contributed by atoms with E-state index in [2.05, 4.69) is 15.5 Å². The van der Waals surface area contributed by atoms with Crippen molar-refractivity contribution < 1.29 is 22.7 Å². The molecule has 2 aromatic carbocycles. The van der Waals surface area contributed by atoms with Crippen LogP contribution in [0.5, 0.6) is 5.75 Å². The molecule has 4 rings (SSSR count). The third-order valence-corrected chi connectivity index (χ3v) is 5.40. The van der Waals surface area contributed by atoms with Gasteiger partial charge in [-0.15, -0.1) is 10.2 Å². The van der Waals surface area contributed by atoms with E-state index in [0.29, 0.717) is 32.0 Å². The number of hydrogen-bond acceptors (Lipinski definition) is 5. The molecule has 1 N–H and O–H groups in total. The van der Waals surface area contributed by atoms with Crippen molar-refractivity contribution in [2.24, 2.45) is 0 Å². The zero-order chi connectivity index (χ0) is 23.4. The van der Waals surface area contributed by atoms with Gasteiger partial charge in [-0.1, -0.05) is 12.1 Å². The maximum atomic E-state index is 13.2. The number of para-hydroxylation sites is 1. The molecular formula is C23H22F3N5O2. The van der Waals surface area contributed by atoms with E-state index < -0.39 is 17.8 Å². The Hall–Kier alpha value is -3.82. The number of halogens is 3. The molecule has 172 valence electrons. The molecule has 0 atom stereocenters. The number of urea groups is 1. The van der Waals surface area contributed by atoms with Crippen LogP contribution in [0.15, 0.2) is 60.7 Å². The molecule has 0 unspecified atom stereocenters. The average molecular weight is 457 g/mol. The highest BCUT2D eigenvalue weighted by molar-refractivity contribution is 5.90. The van der Waals surface area contributed by atoms with E-state index in [9.17, 15) is 18.0 Å². The van der Waals surface area contributed by atoms with Gasteiger partial charge in [0.25, 0.3) is 0 Å². The minimum Gasteiger partial charge on any atom is -0.497 e. The predicted molar refractivity (Wildman–Crippen MR) is 118 cm³/mol. The van der Waals surface area contributed by atoms with Gasteiger partial charge in [-0.3, -0.25) is 0 Å². The number of ether oxygens (including phenoxy) is 1. The number of anilines is 2. The Morgan fingerprint density at radius 2 is 1.64 bits per heavy atom. The van der Waals surface area contributed by atoms with Crippen LogP contribution in [0.3, 0.4) is 0 Å². The van der Waals surface area contributed by atoms with Crippen LogP contribution in [0.1, 0.15) is 5.56 Å². The quantitative estimate of drug-likeness (QED) is 0.624. The van der Waals surface area contributed by atoms with Gasteiger partial charge >= 0.3 is 12.2 Å². The van der Waals surface area contributed by atoms with Crippen LogP contribution in [-0.4, -0.2) is 54.4 Å². The topological polar surface area (TPSA) is 70.6 Å². The van der Waals surface area contributed by atoms with Gasteiger partial charge < -0.3 is 19.9 Å². The van der Waals surface area contributed by atoms with E-state index in [1.54, 1.807) is 7.11 Å². The third kappa shape index (κ3) is 5.16. The first kappa shape index (κ1) is 22.4. The smallest absolute Gasteiger partial charge is 0.418 e. The number of aromatic nitrogens is 2. The molecule has 1 aliphatic rings. The minimum atomic E-state index is -4.54. The number of hydrogen-bond donors (Lipinski definition) is 1. The Labute approximate surface area is 188 Å². The Morgan fingerprint density at radius 1 is 0.939 bits per heavy atom. The monoisotopic (exact) mass is 457 g/mol. The maximum absolute atomic E-state index is 13.2. The molecule has 1 aromatic heterocycles. The van der Waals surface area contributed by atoms with E-state index in [-0.39, 0.29) is 5.69 Å². The number of carbonyl (C=O) groups is 1. The standard InChI is InChI=1S/C23H22F3N5O2/c1-33-17-8-6-16(7-9-17)19-10-11-21(29-28-19)30-12-14-31(15-13-30)22(32)27-20-5-3-2-4-18(20)23(24,25)26/h2-11H,12-15H2,1H3,(H,27,32). The van der Waals surface area contributed by atoms with Crippen molar-refractivity contribution in [1.82, 2.24) is 15.1 Å². The number of piperazine rings is 1. The molecule has 7 nitrogen and oxygen atoms in total. The summed E-state index contributed by atoms with van der Waals surface area (Å²) in [7, 11) is 1.61. The summed E-state index contributed by atoms with van der Waals surface area (Å²) in [5, 5.41) is 11.0. The molecule has 0 saturated carbocycles. The summed E-state index contributed by atoms with van der Waals surface area (Å²) in [6.45, 7) is 1.68. The number of rotatable bonds is 4. The number of alkyl halides is 3. The minimum absolute atomic E-state index is 0.252. The average Bonchev–Trinajstić information content (AvgIpc) is 2.84. The molecule has 2 heterocycles. The van der Waals surface area contributed by atoms with Crippen molar-refractivity contribution in [2.75, 3.05) is 43.5 Å². The highest BCUT2D eigenvalue weighted by atomic mass is 19.4. The van der Waals surface area contributed by atoms with Crippen molar-refractivity contribution in [3.05, 3.63) is 66.2 Å². The summed E-state index contributed by atoms with van der Waals surface area (Å²) < 4.78 is 44.6. The van der Waals surface area contributed by atoms with Gasteiger partial charge in [-0.05, 0) is 48.5 Å². The molecule has 1 fully saturated rings. The van der Waals surface area contributed by atoms with E-state index in [1.165, 1.54) is 23.1 Å². The number of benzene rings is 2. The molecule has 10 heteroatoms. The summed E-state index contributed by atoms with van der Waals surface area (Å²) in [5.74, 6) is 1.43. The summed E-state index contributed by atoms with van der Waals surface area (Å²) >= 11 is 0. The number of nitrogens with zero attached hydrogens (tertiary/aromatic N) is 4. The normalized spacial score (nSPS) is 14.2. The number of methoxy groups -OCH3 is 1. The molecule has 0 spiro atoms. The summed E-state index contributed by atoms with van der Waals surface area (Å²) in [5.41, 5.74) is 0.514. The van der Waals surface area contributed by atoms with E-state index in [4.69, 9.17) is 4.74 Å². The fourth-order valence-electron chi connectivity index (χ4n) is 3.58. The van der Waals surface area contributed by atoms with Gasteiger partial charge in [-0.25, -0.2) is 4.79 Å². The molecule has 3 aromatic rings. The lowest BCUT2D eigenvalue weighted by atomic mass is 10.1. The lowest BCUT2D eigenvalue weighted by Gasteiger charge is -2.35. The largest absolute Gasteiger partial charge is 0.497 e. The lowest BCUT2D eigenvalue weighted by molar-refractivity contribution is -0.136. The Morgan fingerprint density at radius 3 is 2.24 bits per heavy atom. The van der Waals surface area contributed by atoms with Gasteiger partial charge in [0.05, 0.1) is 24.1 Å². The van der Waals surface area contributed by atoms with Crippen molar-refractivity contribution in [3.8, 4) is 17.0 Å². The Bertz CT molecular complexity index is 1100. The fraction of sp³-hybridized carbons (Fsp3) is 0.261. The van der Waals surface area contributed by atoms with Gasteiger partial charge in [0, 0.05) is 31.7 Å². The molecule has 1 aliphatic heterocycles. The van der Waals surface area contributed by atoms with Gasteiger partial charge in [0.2, 0.25) is 0 Å². The van der Waals surface area contributed by atoms with Crippen molar-refractivity contribution in [3.63, 3.8) is 0 Å². The van der Waals surface area contributed by atoms with Crippen LogP contribution in [-0.2, 0) is 6.18 Å². The highest BCUT2D eigenvalue weighted by Crippen LogP contribution is 2.34.